The molecule has 0 aliphatic carbocycles. The first kappa shape index (κ1) is 24.0. The molecule has 1 fully saturated rings. The summed E-state index contributed by atoms with van der Waals surface area (Å²) < 4.78 is 21.5. The predicted octanol–water partition coefficient (Wildman–Crippen LogP) is 5.51. The third-order valence-electron chi connectivity index (χ3n) is 6.04. The normalized spacial score (nSPS) is 16.2. The van der Waals surface area contributed by atoms with Crippen LogP contribution in [0.5, 0.6) is 5.75 Å². The zero-order valence-electron chi connectivity index (χ0n) is 19.3. The minimum atomic E-state index is -0.361. The third kappa shape index (κ3) is 5.33. The number of allylic oxidation sites excluding steroid dienone is 1. The maximum Gasteiger partial charge on any atom is 0.233 e. The lowest BCUT2D eigenvalue weighted by atomic mass is 10.0. The topological polar surface area (TPSA) is 60.2 Å². The van der Waals surface area contributed by atoms with Gasteiger partial charge in [0.05, 0.1) is 24.5 Å². The fraction of sp³-hybridized carbons (Fsp3) is 0.346. The number of halogens is 1. The van der Waals surface area contributed by atoms with Crippen LogP contribution in [-0.4, -0.2) is 45.0 Å². The maximum absolute atomic E-state index is 14.4. The van der Waals surface area contributed by atoms with E-state index in [1.807, 2.05) is 29.2 Å². The molecule has 34 heavy (non-hydrogen) atoms. The average Bonchev–Trinajstić information content (AvgIpc) is 3.09. The molecule has 3 aromatic rings. The number of nitrogens with zero attached hydrogens (tertiary/aromatic N) is 4. The Labute approximate surface area is 203 Å². The molecule has 6 nitrogen and oxygen atoms in total. The summed E-state index contributed by atoms with van der Waals surface area (Å²) in [5.74, 6) is 1.17. The second kappa shape index (κ2) is 11.3. The molecule has 2 heterocycles. The number of carbonyl (C=O) groups excluding carboxylic acids is 1. The number of thioether (sulfide) groups is 1. The molecular formula is C26H29FN4O2S. The maximum atomic E-state index is 14.4. The molecule has 178 valence electrons. The van der Waals surface area contributed by atoms with Gasteiger partial charge in [0.25, 0.3) is 0 Å². The fourth-order valence-corrected chi connectivity index (χ4v) is 5.15. The number of likely N-dealkylation sites (tertiary alicyclic amines) is 1. The number of methoxy groups -OCH3 is 1. The molecule has 1 unspecified atom stereocenters. The Morgan fingerprint density at radius 2 is 1.97 bits per heavy atom. The van der Waals surface area contributed by atoms with E-state index in [2.05, 4.69) is 16.8 Å². The average molecular weight is 481 g/mol. The van der Waals surface area contributed by atoms with Crippen molar-refractivity contribution in [1.29, 1.82) is 0 Å². The lowest BCUT2D eigenvalue weighted by molar-refractivity contribution is -0.130. The smallest absolute Gasteiger partial charge is 0.233 e. The summed E-state index contributed by atoms with van der Waals surface area (Å²) >= 11 is 1.33. The summed E-state index contributed by atoms with van der Waals surface area (Å²) in [6.45, 7) is 4.96. The zero-order chi connectivity index (χ0) is 23.9. The second-order valence-corrected chi connectivity index (χ2v) is 9.14. The SMILES string of the molecule is C=CCn1c(SCC(=O)N2CCCCCC2c2ccc(OC)cc2)nnc1-c1ccccc1F. The molecular weight excluding hydrogens is 451 g/mol. The number of ether oxygens (including phenoxy) is 1. The van der Waals surface area contributed by atoms with Crippen molar-refractivity contribution in [2.45, 2.75) is 43.4 Å². The molecule has 0 bridgehead atoms. The Hall–Kier alpha value is -3.13. The van der Waals surface area contributed by atoms with Gasteiger partial charge in [-0.15, -0.1) is 16.8 Å². The van der Waals surface area contributed by atoms with Gasteiger partial charge in [-0.25, -0.2) is 4.39 Å². The van der Waals surface area contributed by atoms with Gasteiger partial charge < -0.3 is 9.64 Å². The number of hydrogen-bond acceptors (Lipinski definition) is 5. The molecule has 0 N–H and O–H groups in total. The Kier molecular flexibility index (Phi) is 8.00. The Morgan fingerprint density at radius 3 is 2.71 bits per heavy atom. The molecule has 1 aromatic heterocycles. The number of hydrogen-bond donors (Lipinski definition) is 0. The lowest BCUT2D eigenvalue weighted by Gasteiger charge is -2.30. The van der Waals surface area contributed by atoms with Gasteiger partial charge in [-0.3, -0.25) is 9.36 Å². The highest BCUT2D eigenvalue weighted by Crippen LogP contribution is 2.33. The van der Waals surface area contributed by atoms with Crippen molar-refractivity contribution in [3.63, 3.8) is 0 Å². The Morgan fingerprint density at radius 1 is 1.18 bits per heavy atom. The summed E-state index contributed by atoms with van der Waals surface area (Å²) in [6, 6.07) is 14.5. The van der Waals surface area contributed by atoms with Crippen LogP contribution < -0.4 is 4.74 Å². The van der Waals surface area contributed by atoms with Crippen molar-refractivity contribution < 1.29 is 13.9 Å². The van der Waals surface area contributed by atoms with Gasteiger partial charge in [0.15, 0.2) is 11.0 Å². The van der Waals surface area contributed by atoms with Crippen LogP contribution in [0.2, 0.25) is 0 Å². The van der Waals surface area contributed by atoms with Crippen LogP contribution >= 0.6 is 11.8 Å². The van der Waals surface area contributed by atoms with Gasteiger partial charge >= 0.3 is 0 Å². The highest BCUT2D eigenvalue weighted by molar-refractivity contribution is 7.99. The molecule has 8 heteroatoms. The Balaban J connectivity index is 1.52. The monoisotopic (exact) mass is 480 g/mol. The first-order valence-corrected chi connectivity index (χ1v) is 12.5. The van der Waals surface area contributed by atoms with Gasteiger partial charge in [-0.1, -0.05) is 54.9 Å². The van der Waals surface area contributed by atoms with Crippen LogP contribution in [0.3, 0.4) is 0 Å². The highest BCUT2D eigenvalue weighted by atomic mass is 32.2. The molecule has 1 aliphatic heterocycles. The lowest BCUT2D eigenvalue weighted by Crippen LogP contribution is -2.36. The van der Waals surface area contributed by atoms with E-state index >= 15 is 0 Å². The van der Waals surface area contributed by atoms with Gasteiger partial charge in [-0.05, 0) is 42.7 Å². The molecule has 1 saturated heterocycles. The van der Waals surface area contributed by atoms with Crippen molar-refractivity contribution in [3.05, 3.63) is 72.6 Å². The molecule has 4 rings (SSSR count). The molecule has 0 radical (unpaired) electrons. The zero-order valence-corrected chi connectivity index (χ0v) is 20.1. The number of aromatic nitrogens is 3. The Bertz CT molecular complexity index is 1130. The summed E-state index contributed by atoms with van der Waals surface area (Å²) in [5, 5.41) is 9.05. The van der Waals surface area contributed by atoms with E-state index in [9.17, 15) is 9.18 Å². The van der Waals surface area contributed by atoms with E-state index in [1.54, 1.807) is 36.0 Å². The molecule has 2 aromatic carbocycles. The predicted molar refractivity (Wildman–Crippen MR) is 132 cm³/mol. The summed E-state index contributed by atoms with van der Waals surface area (Å²) in [7, 11) is 1.65. The van der Waals surface area contributed by atoms with Crippen molar-refractivity contribution in [2.24, 2.45) is 0 Å². The van der Waals surface area contributed by atoms with E-state index in [1.165, 1.54) is 17.8 Å². The van der Waals surface area contributed by atoms with Gasteiger partial charge in [-0.2, -0.15) is 0 Å². The van der Waals surface area contributed by atoms with Crippen molar-refractivity contribution in [2.75, 3.05) is 19.4 Å². The van der Waals surface area contributed by atoms with Gasteiger partial charge in [0.1, 0.15) is 11.6 Å². The van der Waals surface area contributed by atoms with Gasteiger partial charge in [0, 0.05) is 13.1 Å². The minimum absolute atomic E-state index is 0.0431. The number of benzene rings is 2. The molecule has 1 amide bonds. The standard InChI is InChI=1S/C26H29FN4O2S/c1-3-16-31-25(21-9-6-7-10-22(21)27)28-29-26(31)34-18-24(32)30-17-8-4-5-11-23(30)19-12-14-20(33-2)15-13-19/h3,6-7,9-10,12-15,23H,1,4-5,8,11,16-18H2,2H3. The summed E-state index contributed by atoms with van der Waals surface area (Å²) in [6.07, 6.45) is 5.85. The molecule has 0 spiro atoms. The van der Waals surface area contributed by atoms with Crippen LogP contribution in [0.1, 0.15) is 37.3 Å². The largest absolute Gasteiger partial charge is 0.497 e. The summed E-state index contributed by atoms with van der Waals surface area (Å²) in [4.78, 5) is 15.4. The first-order valence-electron chi connectivity index (χ1n) is 11.5. The van der Waals surface area contributed by atoms with Crippen molar-refractivity contribution >= 4 is 17.7 Å². The molecule has 1 aliphatic rings. The van der Waals surface area contributed by atoms with E-state index in [0.29, 0.717) is 23.1 Å². The van der Waals surface area contributed by atoms with Crippen LogP contribution in [-0.2, 0) is 11.3 Å². The van der Waals surface area contributed by atoms with Gasteiger partial charge in [0.2, 0.25) is 5.91 Å². The number of rotatable bonds is 8. The van der Waals surface area contributed by atoms with E-state index < -0.39 is 0 Å². The van der Waals surface area contributed by atoms with Crippen LogP contribution in [0.25, 0.3) is 11.4 Å². The van der Waals surface area contributed by atoms with Crippen molar-refractivity contribution in [3.8, 4) is 17.1 Å². The molecule has 0 saturated carbocycles. The van der Waals surface area contributed by atoms with Crippen LogP contribution in [0.4, 0.5) is 4.39 Å². The van der Waals surface area contributed by atoms with Crippen LogP contribution in [0, 0.1) is 5.82 Å². The summed E-state index contributed by atoms with van der Waals surface area (Å²) in [5.41, 5.74) is 1.50. The third-order valence-corrected chi connectivity index (χ3v) is 6.99. The fourth-order valence-electron chi connectivity index (χ4n) is 4.32. The minimum Gasteiger partial charge on any atom is -0.497 e. The number of amides is 1. The highest BCUT2D eigenvalue weighted by Gasteiger charge is 2.27. The van der Waals surface area contributed by atoms with Crippen molar-refractivity contribution in [1.82, 2.24) is 19.7 Å². The van der Waals surface area contributed by atoms with E-state index in [4.69, 9.17) is 4.74 Å². The first-order chi connectivity index (χ1) is 16.6. The molecule has 1 atom stereocenters. The van der Waals surface area contributed by atoms with E-state index in [-0.39, 0.29) is 23.5 Å². The number of carbonyl (C=O) groups is 1. The van der Waals surface area contributed by atoms with Crippen LogP contribution in [0.15, 0.2) is 66.3 Å². The van der Waals surface area contributed by atoms with E-state index in [0.717, 1.165) is 43.5 Å². The second-order valence-electron chi connectivity index (χ2n) is 8.20. The quantitative estimate of drug-likeness (QED) is 0.314.